The molecule has 5 nitrogen and oxygen atoms in total. The molecule has 2 aromatic heterocycles. The van der Waals surface area contributed by atoms with Crippen molar-refractivity contribution in [2.75, 3.05) is 6.54 Å². The second-order valence-corrected chi connectivity index (χ2v) is 6.63. The molecule has 5 heteroatoms. The van der Waals surface area contributed by atoms with Gasteiger partial charge in [-0.05, 0) is 43.7 Å². The van der Waals surface area contributed by atoms with E-state index in [1.54, 1.807) is 18.7 Å². The summed E-state index contributed by atoms with van der Waals surface area (Å²) in [4.78, 5) is 23.5. The first-order valence-electron chi connectivity index (χ1n) is 8.58. The van der Waals surface area contributed by atoms with Gasteiger partial charge >= 0.3 is 0 Å². The van der Waals surface area contributed by atoms with Crippen molar-refractivity contribution in [3.63, 3.8) is 0 Å². The Morgan fingerprint density at radius 3 is 2.78 bits per heavy atom. The van der Waals surface area contributed by atoms with Crippen LogP contribution in [0.1, 0.15) is 48.9 Å². The Labute approximate surface area is 136 Å². The summed E-state index contributed by atoms with van der Waals surface area (Å²) >= 11 is 0. The second-order valence-electron chi connectivity index (χ2n) is 6.63. The van der Waals surface area contributed by atoms with Gasteiger partial charge in [-0.25, -0.2) is 9.97 Å². The minimum absolute atomic E-state index is 0.156. The highest BCUT2D eigenvalue weighted by Crippen LogP contribution is 2.36. The van der Waals surface area contributed by atoms with E-state index in [1.165, 1.54) is 25.7 Å². The predicted molar refractivity (Wildman–Crippen MR) is 87.4 cm³/mol. The first-order chi connectivity index (χ1) is 11.3. The van der Waals surface area contributed by atoms with Crippen molar-refractivity contribution in [2.24, 2.45) is 5.92 Å². The fourth-order valence-corrected chi connectivity index (χ4v) is 4.13. The fourth-order valence-electron chi connectivity index (χ4n) is 4.13. The number of aromatic nitrogens is 3. The Morgan fingerprint density at radius 2 is 2.00 bits per heavy atom. The molecule has 2 aromatic rings. The number of likely N-dealkylation sites (tertiary alicyclic amines) is 1. The summed E-state index contributed by atoms with van der Waals surface area (Å²) in [5.41, 5.74) is 0.730. The maximum Gasteiger partial charge on any atom is 0.254 e. The number of imidazole rings is 1. The van der Waals surface area contributed by atoms with Crippen LogP contribution in [0.15, 0.2) is 37.1 Å². The zero-order chi connectivity index (χ0) is 15.6. The van der Waals surface area contributed by atoms with Gasteiger partial charge in [-0.1, -0.05) is 12.8 Å². The predicted octanol–water partition coefficient (Wildman–Crippen LogP) is 3.06. The number of hydrogen-bond donors (Lipinski definition) is 0. The van der Waals surface area contributed by atoms with Gasteiger partial charge in [-0.3, -0.25) is 9.36 Å². The Bertz CT molecular complexity index is 676. The molecular weight excluding hydrogens is 288 g/mol. The molecule has 1 aliphatic heterocycles. The lowest BCUT2D eigenvalue weighted by Gasteiger charge is -2.29. The van der Waals surface area contributed by atoms with Crippen LogP contribution in [0.5, 0.6) is 0 Å². The third-order valence-electron chi connectivity index (χ3n) is 5.27. The number of pyridine rings is 1. The van der Waals surface area contributed by atoms with Gasteiger partial charge in [0.15, 0.2) is 0 Å². The van der Waals surface area contributed by atoms with Gasteiger partial charge in [0.05, 0.1) is 0 Å². The van der Waals surface area contributed by atoms with Crippen LogP contribution in [0.4, 0.5) is 0 Å². The molecule has 0 bridgehead atoms. The van der Waals surface area contributed by atoms with Crippen LogP contribution in [0.25, 0.3) is 5.82 Å². The maximum absolute atomic E-state index is 13.0. The highest BCUT2D eigenvalue weighted by molar-refractivity contribution is 5.95. The van der Waals surface area contributed by atoms with E-state index in [2.05, 4.69) is 14.9 Å². The van der Waals surface area contributed by atoms with Gasteiger partial charge in [-0.15, -0.1) is 0 Å². The number of rotatable bonds is 3. The molecule has 1 amide bonds. The molecular formula is C18H22N4O. The van der Waals surface area contributed by atoms with Crippen molar-refractivity contribution in [3.05, 3.63) is 42.6 Å². The van der Waals surface area contributed by atoms with Gasteiger partial charge in [0, 0.05) is 36.7 Å². The minimum atomic E-state index is 0.156. The largest absolute Gasteiger partial charge is 0.335 e. The number of carbonyl (C=O) groups is 1. The van der Waals surface area contributed by atoms with Crippen LogP contribution in [-0.4, -0.2) is 37.9 Å². The van der Waals surface area contributed by atoms with Crippen molar-refractivity contribution in [2.45, 2.75) is 44.6 Å². The Hall–Kier alpha value is -2.17. The van der Waals surface area contributed by atoms with Gasteiger partial charge in [0.1, 0.15) is 12.1 Å². The second kappa shape index (κ2) is 6.14. The quantitative estimate of drug-likeness (QED) is 0.875. The number of carbonyl (C=O) groups excluding carboxylic acids is 1. The van der Waals surface area contributed by atoms with Crippen LogP contribution in [-0.2, 0) is 0 Å². The van der Waals surface area contributed by atoms with Crippen LogP contribution in [0, 0.1) is 5.92 Å². The van der Waals surface area contributed by atoms with Crippen molar-refractivity contribution >= 4 is 5.91 Å². The third-order valence-corrected chi connectivity index (χ3v) is 5.27. The zero-order valence-electron chi connectivity index (χ0n) is 13.3. The van der Waals surface area contributed by atoms with Gasteiger partial charge in [0.2, 0.25) is 0 Å². The number of nitrogens with zero attached hydrogens (tertiary/aromatic N) is 4. The van der Waals surface area contributed by atoms with E-state index in [9.17, 15) is 4.79 Å². The van der Waals surface area contributed by atoms with Gasteiger partial charge in [0.25, 0.3) is 5.91 Å². The van der Waals surface area contributed by atoms with Crippen molar-refractivity contribution in [3.8, 4) is 5.82 Å². The standard InChI is InChI=1S/C18H22N4O/c23-18(22-10-3-6-16(22)14-4-1-2-5-14)15-7-8-20-17(12-15)21-11-9-19-13-21/h7-9,11-14,16H,1-6,10H2/t16-/m1/s1. The molecule has 1 aliphatic carbocycles. The molecule has 0 radical (unpaired) electrons. The smallest absolute Gasteiger partial charge is 0.254 e. The normalized spacial score (nSPS) is 21.9. The van der Waals surface area contributed by atoms with Crippen molar-refractivity contribution in [1.82, 2.24) is 19.4 Å². The summed E-state index contributed by atoms with van der Waals surface area (Å²) in [7, 11) is 0. The van der Waals surface area contributed by atoms with Crippen molar-refractivity contribution in [1.29, 1.82) is 0 Å². The van der Waals surface area contributed by atoms with E-state index in [0.29, 0.717) is 12.0 Å². The van der Waals surface area contributed by atoms with E-state index in [1.807, 2.05) is 22.9 Å². The molecule has 1 atom stereocenters. The fraction of sp³-hybridized carbons (Fsp3) is 0.500. The molecule has 2 fully saturated rings. The summed E-state index contributed by atoms with van der Waals surface area (Å²) in [5, 5.41) is 0. The lowest BCUT2D eigenvalue weighted by molar-refractivity contribution is 0.0689. The van der Waals surface area contributed by atoms with Crippen LogP contribution in [0.3, 0.4) is 0 Å². The summed E-state index contributed by atoms with van der Waals surface area (Å²) in [5.74, 6) is 1.60. The average molecular weight is 310 g/mol. The summed E-state index contributed by atoms with van der Waals surface area (Å²) in [6.45, 7) is 0.892. The molecule has 23 heavy (non-hydrogen) atoms. The van der Waals surface area contributed by atoms with Gasteiger partial charge < -0.3 is 4.90 Å². The van der Waals surface area contributed by atoms with E-state index in [0.717, 1.165) is 30.8 Å². The molecule has 0 unspecified atom stereocenters. The topological polar surface area (TPSA) is 51.0 Å². The summed E-state index contributed by atoms with van der Waals surface area (Å²) < 4.78 is 1.83. The zero-order valence-corrected chi connectivity index (χ0v) is 13.3. The first-order valence-corrected chi connectivity index (χ1v) is 8.58. The highest BCUT2D eigenvalue weighted by Gasteiger charge is 2.36. The lowest BCUT2D eigenvalue weighted by atomic mass is 9.95. The van der Waals surface area contributed by atoms with E-state index < -0.39 is 0 Å². The number of amides is 1. The molecule has 3 heterocycles. The molecule has 1 saturated carbocycles. The van der Waals surface area contributed by atoms with E-state index >= 15 is 0 Å². The van der Waals surface area contributed by atoms with Crippen molar-refractivity contribution < 1.29 is 4.79 Å². The first kappa shape index (κ1) is 14.4. The molecule has 0 spiro atoms. The minimum Gasteiger partial charge on any atom is -0.335 e. The molecule has 0 N–H and O–H groups in total. The average Bonchev–Trinajstić information content (AvgIpc) is 3.35. The lowest BCUT2D eigenvalue weighted by Crippen LogP contribution is -2.39. The van der Waals surface area contributed by atoms with Crippen LogP contribution < -0.4 is 0 Å². The SMILES string of the molecule is O=C(c1ccnc(-n2ccnc2)c1)N1CCC[C@@H]1C1CCCC1. The van der Waals surface area contributed by atoms with Crippen LogP contribution in [0.2, 0.25) is 0 Å². The third kappa shape index (κ3) is 2.76. The molecule has 120 valence electrons. The van der Waals surface area contributed by atoms with E-state index in [4.69, 9.17) is 0 Å². The highest BCUT2D eigenvalue weighted by atomic mass is 16.2. The Kier molecular flexibility index (Phi) is 3.85. The summed E-state index contributed by atoms with van der Waals surface area (Å²) in [6, 6.07) is 4.13. The van der Waals surface area contributed by atoms with Gasteiger partial charge in [-0.2, -0.15) is 0 Å². The monoisotopic (exact) mass is 310 g/mol. The Morgan fingerprint density at radius 1 is 1.13 bits per heavy atom. The summed E-state index contributed by atoms with van der Waals surface area (Å²) in [6.07, 6.45) is 14.5. The van der Waals surface area contributed by atoms with E-state index in [-0.39, 0.29) is 5.91 Å². The number of hydrogen-bond acceptors (Lipinski definition) is 3. The molecule has 0 aromatic carbocycles. The molecule has 4 rings (SSSR count). The Balaban J connectivity index is 1.57. The molecule has 1 saturated heterocycles. The maximum atomic E-state index is 13.0. The molecule has 2 aliphatic rings. The van der Waals surface area contributed by atoms with Crippen LogP contribution >= 0.6 is 0 Å².